The van der Waals surface area contributed by atoms with Crippen molar-refractivity contribution in [1.29, 1.82) is 0 Å². The van der Waals surface area contributed by atoms with Gasteiger partial charge in [0.2, 0.25) is 5.91 Å². The zero-order chi connectivity index (χ0) is 19.8. The van der Waals surface area contributed by atoms with Crippen LogP contribution in [0.3, 0.4) is 0 Å². The first-order chi connectivity index (χ1) is 13.7. The molecule has 1 aromatic rings. The maximum atomic E-state index is 13.1. The van der Waals surface area contributed by atoms with Gasteiger partial charge >= 0.3 is 0 Å². The summed E-state index contributed by atoms with van der Waals surface area (Å²) in [6.07, 6.45) is 18.9. The quantitative estimate of drug-likeness (QED) is 0.451. The Hall–Kier alpha value is -1.62. The number of hydrogen-bond donors (Lipinski definition) is 3. The van der Waals surface area contributed by atoms with Crippen LogP contribution >= 0.6 is 0 Å². The van der Waals surface area contributed by atoms with Gasteiger partial charge in [-0.25, -0.2) is 10.8 Å². The van der Waals surface area contributed by atoms with Crippen LogP contribution in [0.15, 0.2) is 6.20 Å². The molecule has 5 nitrogen and oxygen atoms in total. The van der Waals surface area contributed by atoms with Gasteiger partial charge < -0.3 is 10.7 Å². The van der Waals surface area contributed by atoms with Crippen molar-refractivity contribution in [2.75, 3.05) is 10.7 Å². The molecule has 0 atom stereocenters. The van der Waals surface area contributed by atoms with Crippen molar-refractivity contribution >= 4 is 17.4 Å². The zero-order valence-corrected chi connectivity index (χ0v) is 17.6. The van der Waals surface area contributed by atoms with Gasteiger partial charge in [0, 0.05) is 5.92 Å². The standard InChI is InChI=1S/C23H38N4O/c1-17-21(18-12-8-4-2-5-9-13-18)20(16-25-22(17)27-24)26-23(28)19-14-10-6-3-7-11-15-19/h16,18-19H,2-15,24H2,1H3,(H,25,27)(H,26,28). The molecule has 2 aliphatic carbocycles. The first-order valence-electron chi connectivity index (χ1n) is 11.5. The Morgan fingerprint density at radius 2 is 1.46 bits per heavy atom. The monoisotopic (exact) mass is 386 g/mol. The molecule has 0 saturated heterocycles. The first kappa shape index (κ1) is 21.1. The van der Waals surface area contributed by atoms with E-state index in [1.165, 1.54) is 82.6 Å². The Morgan fingerprint density at radius 3 is 2.04 bits per heavy atom. The number of nitrogens with one attached hydrogen (secondary N) is 2. The number of amides is 1. The minimum absolute atomic E-state index is 0.137. The minimum Gasteiger partial charge on any atom is -0.324 e. The molecule has 28 heavy (non-hydrogen) atoms. The lowest BCUT2D eigenvalue weighted by Gasteiger charge is -2.26. The Bertz CT molecular complexity index is 630. The van der Waals surface area contributed by atoms with Crippen LogP contribution in [-0.2, 0) is 4.79 Å². The highest BCUT2D eigenvalue weighted by Gasteiger charge is 2.25. The number of hydrogen-bond acceptors (Lipinski definition) is 4. The van der Waals surface area contributed by atoms with Crippen LogP contribution in [-0.4, -0.2) is 10.9 Å². The highest BCUT2D eigenvalue weighted by atomic mass is 16.1. The van der Waals surface area contributed by atoms with Gasteiger partial charge in [0.05, 0.1) is 11.9 Å². The lowest BCUT2D eigenvalue weighted by atomic mass is 9.83. The predicted molar refractivity (Wildman–Crippen MR) is 116 cm³/mol. The molecule has 0 aliphatic heterocycles. The normalized spacial score (nSPS) is 20.5. The number of anilines is 2. The summed E-state index contributed by atoms with van der Waals surface area (Å²) in [7, 11) is 0. The largest absolute Gasteiger partial charge is 0.324 e. The molecule has 156 valence electrons. The highest BCUT2D eigenvalue weighted by molar-refractivity contribution is 5.93. The first-order valence-corrected chi connectivity index (χ1v) is 11.5. The fourth-order valence-corrected chi connectivity index (χ4v) is 5.09. The summed E-state index contributed by atoms with van der Waals surface area (Å²) in [4.78, 5) is 17.6. The molecule has 1 amide bonds. The van der Waals surface area contributed by atoms with Gasteiger partial charge in [0.25, 0.3) is 0 Å². The van der Waals surface area contributed by atoms with Gasteiger partial charge in [0.15, 0.2) is 0 Å². The van der Waals surface area contributed by atoms with Crippen LogP contribution in [0.25, 0.3) is 0 Å². The maximum Gasteiger partial charge on any atom is 0.227 e. The molecule has 2 aliphatic rings. The third kappa shape index (κ3) is 5.47. The second-order valence-corrected chi connectivity index (χ2v) is 8.78. The van der Waals surface area contributed by atoms with Crippen molar-refractivity contribution in [2.45, 2.75) is 103 Å². The number of nitrogens with zero attached hydrogens (tertiary/aromatic N) is 1. The van der Waals surface area contributed by atoms with Crippen molar-refractivity contribution in [2.24, 2.45) is 11.8 Å². The third-order valence-electron chi connectivity index (χ3n) is 6.76. The zero-order valence-electron chi connectivity index (χ0n) is 17.6. The Kier molecular flexibility index (Phi) is 8.13. The van der Waals surface area contributed by atoms with Gasteiger partial charge in [-0.2, -0.15) is 0 Å². The SMILES string of the molecule is Cc1c(NN)ncc(NC(=O)C2CCCCCCC2)c1C1CCCCCCC1. The number of carbonyl (C=O) groups excluding carboxylic acids is 1. The molecule has 0 bridgehead atoms. The van der Waals surface area contributed by atoms with Crippen LogP contribution in [0.1, 0.15) is 107 Å². The Labute approximate surface area is 170 Å². The van der Waals surface area contributed by atoms with Gasteiger partial charge in [-0.05, 0) is 49.7 Å². The number of pyridine rings is 1. The molecule has 2 saturated carbocycles. The smallest absolute Gasteiger partial charge is 0.227 e. The van der Waals surface area contributed by atoms with Crippen molar-refractivity contribution in [3.05, 3.63) is 17.3 Å². The molecule has 5 heteroatoms. The van der Waals surface area contributed by atoms with E-state index in [4.69, 9.17) is 5.84 Å². The average molecular weight is 387 g/mol. The lowest BCUT2D eigenvalue weighted by molar-refractivity contribution is -0.120. The summed E-state index contributed by atoms with van der Waals surface area (Å²) in [6.45, 7) is 2.09. The molecule has 4 N–H and O–H groups in total. The van der Waals surface area contributed by atoms with Gasteiger partial charge in [-0.1, -0.05) is 64.2 Å². The van der Waals surface area contributed by atoms with E-state index in [9.17, 15) is 4.79 Å². The van der Waals surface area contributed by atoms with Crippen LogP contribution in [0.2, 0.25) is 0 Å². The maximum absolute atomic E-state index is 13.1. The molecule has 0 unspecified atom stereocenters. The summed E-state index contributed by atoms with van der Waals surface area (Å²) >= 11 is 0. The number of nitrogen functional groups attached to an aromatic ring is 1. The van der Waals surface area contributed by atoms with Crippen molar-refractivity contribution < 1.29 is 4.79 Å². The third-order valence-corrected chi connectivity index (χ3v) is 6.76. The number of hydrazine groups is 1. The molecule has 1 aromatic heterocycles. The second kappa shape index (κ2) is 10.8. The minimum atomic E-state index is 0.137. The molecule has 0 spiro atoms. The molecular weight excluding hydrogens is 348 g/mol. The van der Waals surface area contributed by atoms with Crippen molar-refractivity contribution in [1.82, 2.24) is 4.98 Å². The Balaban J connectivity index is 1.82. The van der Waals surface area contributed by atoms with Gasteiger partial charge in [0.1, 0.15) is 5.82 Å². The lowest BCUT2D eigenvalue weighted by Crippen LogP contribution is -2.25. The fourth-order valence-electron chi connectivity index (χ4n) is 5.09. The van der Waals surface area contributed by atoms with Gasteiger partial charge in [-0.15, -0.1) is 0 Å². The van der Waals surface area contributed by atoms with E-state index in [1.807, 2.05) is 6.20 Å². The van der Waals surface area contributed by atoms with E-state index in [1.54, 1.807) is 0 Å². The average Bonchev–Trinajstić information content (AvgIpc) is 2.62. The van der Waals surface area contributed by atoms with E-state index >= 15 is 0 Å². The summed E-state index contributed by atoms with van der Waals surface area (Å²) in [5.74, 6) is 7.22. The van der Waals surface area contributed by atoms with Crippen LogP contribution in [0.4, 0.5) is 11.5 Å². The topological polar surface area (TPSA) is 80.0 Å². The van der Waals surface area contributed by atoms with Gasteiger partial charge in [-0.3, -0.25) is 4.79 Å². The number of carbonyl (C=O) groups is 1. The van der Waals surface area contributed by atoms with Crippen LogP contribution in [0.5, 0.6) is 0 Å². The van der Waals surface area contributed by atoms with E-state index in [-0.39, 0.29) is 11.8 Å². The number of aromatic nitrogens is 1. The fraction of sp³-hybridized carbons (Fsp3) is 0.739. The Morgan fingerprint density at radius 1 is 0.929 bits per heavy atom. The molecule has 0 aromatic carbocycles. The second-order valence-electron chi connectivity index (χ2n) is 8.78. The molecule has 0 radical (unpaired) electrons. The molecule has 2 fully saturated rings. The molecule has 1 heterocycles. The summed E-state index contributed by atoms with van der Waals surface area (Å²) in [5.41, 5.74) is 5.99. The van der Waals surface area contributed by atoms with Crippen molar-refractivity contribution in [3.8, 4) is 0 Å². The number of rotatable bonds is 4. The molecular formula is C23H38N4O. The van der Waals surface area contributed by atoms with Crippen LogP contribution in [0, 0.1) is 12.8 Å². The van der Waals surface area contributed by atoms with Crippen LogP contribution < -0.4 is 16.6 Å². The molecule has 3 rings (SSSR count). The number of nitrogens with two attached hydrogens (primary N) is 1. The van der Waals surface area contributed by atoms with E-state index in [2.05, 4.69) is 22.7 Å². The predicted octanol–water partition coefficient (Wildman–Crippen LogP) is 5.80. The van der Waals surface area contributed by atoms with E-state index < -0.39 is 0 Å². The van der Waals surface area contributed by atoms with E-state index in [0.29, 0.717) is 5.92 Å². The summed E-state index contributed by atoms with van der Waals surface area (Å²) in [6, 6.07) is 0. The summed E-state index contributed by atoms with van der Waals surface area (Å²) < 4.78 is 0. The van der Waals surface area contributed by atoms with Crippen molar-refractivity contribution in [3.63, 3.8) is 0 Å². The summed E-state index contributed by atoms with van der Waals surface area (Å²) in [5, 5.41) is 3.28. The van der Waals surface area contributed by atoms with E-state index in [0.717, 1.165) is 29.9 Å². The highest BCUT2D eigenvalue weighted by Crippen LogP contribution is 2.39.